The maximum absolute atomic E-state index is 5.76. The molecule has 1 atom stereocenters. The second kappa shape index (κ2) is 5.83. The Labute approximate surface area is 116 Å². The molecule has 1 aromatic rings. The van der Waals surface area contributed by atoms with Crippen molar-refractivity contribution in [2.45, 2.75) is 25.7 Å². The van der Waals surface area contributed by atoms with Gasteiger partial charge in [0.25, 0.3) is 0 Å². The highest BCUT2D eigenvalue weighted by Gasteiger charge is 2.21. The average Bonchev–Trinajstić information content (AvgIpc) is 2.97. The third-order valence-corrected chi connectivity index (χ3v) is 4.56. The minimum atomic E-state index is 0.682. The van der Waals surface area contributed by atoms with Crippen molar-refractivity contribution in [3.8, 4) is 0 Å². The van der Waals surface area contributed by atoms with Crippen LogP contribution in [0.2, 0.25) is 0 Å². The Morgan fingerprint density at radius 1 is 0.895 bits per heavy atom. The monoisotopic (exact) mass is 259 g/mol. The second-order valence-electron chi connectivity index (χ2n) is 5.90. The minimum absolute atomic E-state index is 0.682. The van der Waals surface area contributed by atoms with Gasteiger partial charge in [-0.1, -0.05) is 0 Å². The van der Waals surface area contributed by atoms with Crippen LogP contribution < -0.4 is 15.5 Å². The van der Waals surface area contributed by atoms with Crippen molar-refractivity contribution < 1.29 is 0 Å². The van der Waals surface area contributed by atoms with Gasteiger partial charge in [-0.15, -0.1) is 0 Å². The first kappa shape index (κ1) is 12.8. The van der Waals surface area contributed by atoms with E-state index >= 15 is 0 Å². The van der Waals surface area contributed by atoms with Gasteiger partial charge in [0.15, 0.2) is 0 Å². The first-order valence-corrected chi connectivity index (χ1v) is 7.67. The molecule has 3 nitrogen and oxygen atoms in total. The number of nitrogens with two attached hydrogens (primary N) is 1. The van der Waals surface area contributed by atoms with Crippen LogP contribution in [0.4, 0.5) is 11.4 Å². The van der Waals surface area contributed by atoms with E-state index in [-0.39, 0.29) is 0 Å². The van der Waals surface area contributed by atoms with Gasteiger partial charge in [0, 0.05) is 37.6 Å². The molecule has 2 aliphatic rings. The van der Waals surface area contributed by atoms with Crippen molar-refractivity contribution in [2.24, 2.45) is 11.7 Å². The molecule has 2 N–H and O–H groups in total. The van der Waals surface area contributed by atoms with E-state index in [0.717, 1.165) is 19.6 Å². The summed E-state index contributed by atoms with van der Waals surface area (Å²) in [5, 5.41) is 0. The summed E-state index contributed by atoms with van der Waals surface area (Å²) in [7, 11) is 0. The summed E-state index contributed by atoms with van der Waals surface area (Å²) < 4.78 is 0. The molecule has 2 fully saturated rings. The summed E-state index contributed by atoms with van der Waals surface area (Å²) in [6.45, 7) is 5.55. The average molecular weight is 259 g/mol. The summed E-state index contributed by atoms with van der Waals surface area (Å²) in [5.41, 5.74) is 8.51. The Balaban J connectivity index is 1.65. The number of hydrogen-bond acceptors (Lipinski definition) is 3. The maximum Gasteiger partial charge on any atom is 0.0367 e. The molecule has 0 amide bonds. The molecule has 0 spiro atoms. The van der Waals surface area contributed by atoms with Crippen molar-refractivity contribution >= 4 is 11.4 Å². The van der Waals surface area contributed by atoms with Crippen LogP contribution >= 0.6 is 0 Å². The molecule has 2 heterocycles. The van der Waals surface area contributed by atoms with Crippen molar-refractivity contribution in [2.75, 3.05) is 42.5 Å². The summed E-state index contributed by atoms with van der Waals surface area (Å²) >= 11 is 0. The van der Waals surface area contributed by atoms with Crippen molar-refractivity contribution in [1.29, 1.82) is 0 Å². The van der Waals surface area contributed by atoms with E-state index in [4.69, 9.17) is 5.73 Å². The number of rotatable bonds is 3. The molecule has 0 bridgehead atoms. The van der Waals surface area contributed by atoms with Gasteiger partial charge >= 0.3 is 0 Å². The van der Waals surface area contributed by atoms with Crippen LogP contribution in [0.1, 0.15) is 25.7 Å². The Hall–Kier alpha value is -1.22. The van der Waals surface area contributed by atoms with Crippen molar-refractivity contribution in [3.63, 3.8) is 0 Å². The fraction of sp³-hybridized carbons (Fsp3) is 0.625. The second-order valence-corrected chi connectivity index (χ2v) is 5.90. The molecule has 0 aromatic heterocycles. The zero-order valence-electron chi connectivity index (χ0n) is 11.7. The fourth-order valence-electron chi connectivity index (χ4n) is 3.29. The van der Waals surface area contributed by atoms with Crippen LogP contribution in [0, 0.1) is 5.92 Å². The molecule has 104 valence electrons. The molecule has 1 aromatic carbocycles. The van der Waals surface area contributed by atoms with Crippen LogP contribution in [-0.2, 0) is 0 Å². The third kappa shape index (κ3) is 2.86. The lowest BCUT2D eigenvalue weighted by atomic mass is 10.1. The minimum Gasteiger partial charge on any atom is -0.372 e. The smallest absolute Gasteiger partial charge is 0.0367 e. The molecular formula is C16H25N3. The van der Waals surface area contributed by atoms with Crippen LogP contribution in [0.5, 0.6) is 0 Å². The topological polar surface area (TPSA) is 32.5 Å². The number of nitrogens with zero attached hydrogens (tertiary/aromatic N) is 2. The SMILES string of the molecule is NCC1CCN(c2ccc(N3CCCCC3)cc2)C1. The Morgan fingerprint density at radius 3 is 2.11 bits per heavy atom. The van der Waals surface area contributed by atoms with E-state index in [2.05, 4.69) is 34.1 Å². The lowest BCUT2D eigenvalue weighted by Gasteiger charge is -2.29. The standard InChI is InChI=1S/C16H25N3/c17-12-14-8-11-19(13-14)16-6-4-15(5-7-16)18-9-2-1-3-10-18/h4-7,14H,1-3,8-13,17H2. The molecule has 0 aliphatic carbocycles. The number of piperidine rings is 1. The van der Waals surface area contributed by atoms with Crippen molar-refractivity contribution in [3.05, 3.63) is 24.3 Å². The summed E-state index contributed by atoms with van der Waals surface area (Å²) in [5.74, 6) is 0.682. The highest BCUT2D eigenvalue weighted by atomic mass is 15.2. The van der Waals surface area contributed by atoms with Gasteiger partial charge in [-0.25, -0.2) is 0 Å². The predicted octanol–water partition coefficient (Wildman–Crippen LogP) is 2.46. The Kier molecular flexibility index (Phi) is 3.92. The highest BCUT2D eigenvalue weighted by molar-refractivity contribution is 5.57. The predicted molar refractivity (Wildman–Crippen MR) is 81.9 cm³/mol. The first-order valence-electron chi connectivity index (χ1n) is 7.67. The van der Waals surface area contributed by atoms with Gasteiger partial charge in [0.05, 0.1) is 0 Å². The largest absolute Gasteiger partial charge is 0.372 e. The normalized spacial score (nSPS) is 23.9. The molecule has 1 unspecified atom stereocenters. The van der Waals surface area contributed by atoms with Gasteiger partial charge in [-0.2, -0.15) is 0 Å². The molecule has 3 heteroatoms. The Bertz CT molecular complexity index is 395. The zero-order valence-corrected chi connectivity index (χ0v) is 11.7. The van der Waals surface area contributed by atoms with E-state index in [0.29, 0.717) is 5.92 Å². The van der Waals surface area contributed by atoms with Gasteiger partial charge in [0.2, 0.25) is 0 Å². The molecule has 19 heavy (non-hydrogen) atoms. The molecule has 0 radical (unpaired) electrons. The van der Waals surface area contributed by atoms with Gasteiger partial charge in [0.1, 0.15) is 0 Å². The van der Waals surface area contributed by atoms with Gasteiger partial charge < -0.3 is 15.5 Å². The van der Waals surface area contributed by atoms with E-state index in [1.807, 2.05) is 0 Å². The van der Waals surface area contributed by atoms with E-state index in [1.165, 1.54) is 50.1 Å². The molecular weight excluding hydrogens is 234 g/mol. The summed E-state index contributed by atoms with van der Waals surface area (Å²) in [4.78, 5) is 4.98. The quantitative estimate of drug-likeness (QED) is 0.905. The van der Waals surface area contributed by atoms with Crippen molar-refractivity contribution in [1.82, 2.24) is 0 Å². The highest BCUT2D eigenvalue weighted by Crippen LogP contribution is 2.27. The lowest BCUT2D eigenvalue weighted by molar-refractivity contribution is 0.578. The maximum atomic E-state index is 5.76. The fourth-order valence-corrected chi connectivity index (χ4v) is 3.29. The number of anilines is 2. The molecule has 0 saturated carbocycles. The summed E-state index contributed by atoms with van der Waals surface area (Å²) in [6.07, 6.45) is 5.31. The first-order chi connectivity index (χ1) is 9.36. The van der Waals surface area contributed by atoms with Crippen LogP contribution in [0.3, 0.4) is 0 Å². The number of benzene rings is 1. The lowest BCUT2D eigenvalue weighted by Crippen LogP contribution is -2.29. The van der Waals surface area contributed by atoms with Gasteiger partial charge in [-0.3, -0.25) is 0 Å². The molecule has 2 aliphatic heterocycles. The number of hydrogen-bond donors (Lipinski definition) is 1. The van der Waals surface area contributed by atoms with E-state index in [9.17, 15) is 0 Å². The summed E-state index contributed by atoms with van der Waals surface area (Å²) in [6, 6.07) is 9.14. The van der Waals surface area contributed by atoms with Crippen LogP contribution in [0.15, 0.2) is 24.3 Å². The van der Waals surface area contributed by atoms with Gasteiger partial charge in [-0.05, 0) is 62.4 Å². The zero-order chi connectivity index (χ0) is 13.1. The van der Waals surface area contributed by atoms with Crippen LogP contribution in [-0.4, -0.2) is 32.7 Å². The van der Waals surface area contributed by atoms with E-state index < -0.39 is 0 Å². The molecule has 3 rings (SSSR count). The Morgan fingerprint density at radius 2 is 1.53 bits per heavy atom. The third-order valence-electron chi connectivity index (χ3n) is 4.56. The van der Waals surface area contributed by atoms with Crippen LogP contribution in [0.25, 0.3) is 0 Å². The van der Waals surface area contributed by atoms with E-state index in [1.54, 1.807) is 0 Å². The molecule has 2 saturated heterocycles.